The van der Waals surface area contributed by atoms with Crippen molar-refractivity contribution in [2.24, 2.45) is 10.9 Å². The largest absolute Gasteiger partial charge is 0.356 e. The summed E-state index contributed by atoms with van der Waals surface area (Å²) in [5, 5.41) is 11.3. The number of hydrogen-bond donors (Lipinski definition) is 2. The van der Waals surface area contributed by atoms with E-state index in [1.165, 1.54) is 5.56 Å². The first-order chi connectivity index (χ1) is 13.2. The van der Waals surface area contributed by atoms with Gasteiger partial charge in [0.05, 0.1) is 0 Å². The zero-order valence-electron chi connectivity index (χ0n) is 16.5. The number of guanidine groups is 1. The summed E-state index contributed by atoms with van der Waals surface area (Å²) in [5.74, 6) is 1.39. The molecule has 0 aliphatic carbocycles. The van der Waals surface area contributed by atoms with Gasteiger partial charge in [0, 0.05) is 58.2 Å². The van der Waals surface area contributed by atoms with Gasteiger partial charge in [-0.05, 0) is 30.4 Å². The molecule has 1 atom stereocenters. The highest BCUT2D eigenvalue weighted by atomic mass is 15.3. The van der Waals surface area contributed by atoms with Crippen LogP contribution in [0.4, 0.5) is 0 Å². The van der Waals surface area contributed by atoms with Gasteiger partial charge in [0.25, 0.3) is 0 Å². The fraction of sp³-hybridized carbons (Fsp3) is 0.524. The maximum atomic E-state index is 4.40. The van der Waals surface area contributed by atoms with Crippen molar-refractivity contribution in [2.75, 3.05) is 26.7 Å². The Morgan fingerprint density at radius 2 is 2.00 bits per heavy atom. The van der Waals surface area contributed by atoms with Gasteiger partial charge in [0.15, 0.2) is 5.96 Å². The normalized spacial score (nSPS) is 17.6. The van der Waals surface area contributed by atoms with Gasteiger partial charge in [0.2, 0.25) is 0 Å². The molecule has 0 saturated carbocycles. The summed E-state index contributed by atoms with van der Waals surface area (Å²) in [5.41, 5.74) is 1.40. The van der Waals surface area contributed by atoms with E-state index in [4.69, 9.17) is 0 Å². The first kappa shape index (κ1) is 19.4. The highest BCUT2D eigenvalue weighted by Crippen LogP contribution is 2.13. The molecular formula is C21H32N6. The predicted octanol–water partition coefficient (Wildman–Crippen LogP) is 2.35. The van der Waals surface area contributed by atoms with E-state index >= 15 is 0 Å². The summed E-state index contributed by atoms with van der Waals surface area (Å²) in [6, 6.07) is 13.2. The van der Waals surface area contributed by atoms with Crippen molar-refractivity contribution in [3.05, 3.63) is 54.4 Å². The van der Waals surface area contributed by atoms with E-state index in [0.717, 1.165) is 51.5 Å². The van der Waals surface area contributed by atoms with Crippen LogP contribution in [0, 0.1) is 5.92 Å². The van der Waals surface area contributed by atoms with Crippen molar-refractivity contribution in [1.82, 2.24) is 25.3 Å². The molecular weight excluding hydrogens is 336 g/mol. The summed E-state index contributed by atoms with van der Waals surface area (Å²) in [4.78, 5) is 6.93. The van der Waals surface area contributed by atoms with E-state index in [1.54, 1.807) is 0 Å². The van der Waals surface area contributed by atoms with Crippen LogP contribution in [-0.2, 0) is 13.1 Å². The number of rotatable bonds is 7. The molecule has 2 N–H and O–H groups in total. The molecule has 1 aromatic carbocycles. The average molecular weight is 369 g/mol. The van der Waals surface area contributed by atoms with Crippen LogP contribution in [0.3, 0.4) is 0 Å². The van der Waals surface area contributed by atoms with Gasteiger partial charge in [-0.3, -0.25) is 14.6 Å². The second-order valence-corrected chi connectivity index (χ2v) is 7.47. The van der Waals surface area contributed by atoms with E-state index in [0.29, 0.717) is 12.0 Å². The minimum atomic E-state index is 0.483. The van der Waals surface area contributed by atoms with Crippen LogP contribution in [0.25, 0.3) is 0 Å². The molecule has 0 radical (unpaired) electrons. The lowest BCUT2D eigenvalue weighted by Crippen LogP contribution is -2.49. The SMILES string of the molecule is CN=C(NCC(C)Cn1cccn1)NC1CCN(Cc2ccccc2)CC1. The Morgan fingerprint density at radius 1 is 1.22 bits per heavy atom. The number of benzene rings is 1. The predicted molar refractivity (Wildman–Crippen MR) is 111 cm³/mol. The van der Waals surface area contributed by atoms with E-state index in [-0.39, 0.29) is 0 Å². The van der Waals surface area contributed by atoms with Gasteiger partial charge in [-0.25, -0.2) is 0 Å². The zero-order chi connectivity index (χ0) is 18.9. The second kappa shape index (κ2) is 10.1. The molecule has 1 fully saturated rings. The third kappa shape index (κ3) is 6.40. The van der Waals surface area contributed by atoms with Crippen LogP contribution in [0.1, 0.15) is 25.3 Å². The van der Waals surface area contributed by atoms with Gasteiger partial charge < -0.3 is 10.6 Å². The molecule has 1 aliphatic heterocycles. The number of nitrogens with zero attached hydrogens (tertiary/aromatic N) is 4. The fourth-order valence-electron chi connectivity index (χ4n) is 3.53. The van der Waals surface area contributed by atoms with Crippen molar-refractivity contribution in [1.29, 1.82) is 0 Å². The Kier molecular flexibility index (Phi) is 7.27. The average Bonchev–Trinajstić information content (AvgIpc) is 3.20. The smallest absolute Gasteiger partial charge is 0.191 e. The van der Waals surface area contributed by atoms with Crippen LogP contribution in [-0.4, -0.2) is 53.4 Å². The lowest BCUT2D eigenvalue weighted by molar-refractivity contribution is 0.198. The van der Waals surface area contributed by atoms with Crippen molar-refractivity contribution < 1.29 is 0 Å². The molecule has 27 heavy (non-hydrogen) atoms. The summed E-state index contributed by atoms with van der Waals surface area (Å²) in [7, 11) is 1.85. The maximum Gasteiger partial charge on any atom is 0.191 e. The molecule has 1 unspecified atom stereocenters. The molecule has 0 amide bonds. The van der Waals surface area contributed by atoms with Crippen molar-refractivity contribution in [2.45, 2.75) is 38.9 Å². The van der Waals surface area contributed by atoms with E-state index in [9.17, 15) is 0 Å². The van der Waals surface area contributed by atoms with Gasteiger partial charge in [-0.2, -0.15) is 5.10 Å². The zero-order valence-corrected chi connectivity index (χ0v) is 16.5. The van der Waals surface area contributed by atoms with E-state index < -0.39 is 0 Å². The van der Waals surface area contributed by atoms with Crippen LogP contribution >= 0.6 is 0 Å². The molecule has 0 spiro atoms. The van der Waals surface area contributed by atoms with Crippen LogP contribution in [0.2, 0.25) is 0 Å². The van der Waals surface area contributed by atoms with Gasteiger partial charge in [-0.1, -0.05) is 37.3 Å². The first-order valence-electron chi connectivity index (χ1n) is 9.94. The molecule has 1 aromatic heterocycles. The number of likely N-dealkylation sites (tertiary alicyclic amines) is 1. The molecule has 0 bridgehead atoms. The van der Waals surface area contributed by atoms with Gasteiger partial charge in [-0.15, -0.1) is 0 Å². The molecule has 146 valence electrons. The summed E-state index contributed by atoms with van der Waals surface area (Å²) in [6.45, 7) is 7.31. The van der Waals surface area contributed by atoms with E-state index in [2.05, 4.69) is 62.9 Å². The first-order valence-corrected chi connectivity index (χ1v) is 9.94. The Balaban J connectivity index is 1.36. The second-order valence-electron chi connectivity index (χ2n) is 7.47. The number of nitrogens with one attached hydrogen (secondary N) is 2. The van der Waals surface area contributed by atoms with Gasteiger partial charge >= 0.3 is 0 Å². The summed E-state index contributed by atoms with van der Waals surface area (Å²) < 4.78 is 1.98. The number of aliphatic imine (C=N–C) groups is 1. The van der Waals surface area contributed by atoms with Crippen molar-refractivity contribution in [3.63, 3.8) is 0 Å². The van der Waals surface area contributed by atoms with Gasteiger partial charge in [0.1, 0.15) is 0 Å². The Labute approximate surface area is 162 Å². The number of piperidine rings is 1. The molecule has 1 saturated heterocycles. The van der Waals surface area contributed by atoms with Crippen LogP contribution < -0.4 is 10.6 Å². The Morgan fingerprint density at radius 3 is 2.67 bits per heavy atom. The minimum absolute atomic E-state index is 0.483. The highest BCUT2D eigenvalue weighted by molar-refractivity contribution is 5.79. The molecule has 6 heteroatoms. The molecule has 2 aromatic rings. The molecule has 2 heterocycles. The molecule has 3 rings (SSSR count). The van der Waals surface area contributed by atoms with E-state index in [1.807, 2.05) is 30.2 Å². The lowest BCUT2D eigenvalue weighted by atomic mass is 10.0. The Bertz CT molecular complexity index is 674. The third-order valence-electron chi connectivity index (χ3n) is 5.08. The van der Waals surface area contributed by atoms with Crippen LogP contribution in [0.5, 0.6) is 0 Å². The quantitative estimate of drug-likeness (QED) is 0.582. The monoisotopic (exact) mass is 368 g/mol. The molecule has 1 aliphatic rings. The maximum absolute atomic E-state index is 4.40. The number of hydrogen-bond acceptors (Lipinski definition) is 3. The summed E-state index contributed by atoms with van der Waals surface area (Å²) >= 11 is 0. The lowest BCUT2D eigenvalue weighted by Gasteiger charge is -2.33. The topological polar surface area (TPSA) is 57.5 Å². The van der Waals surface area contributed by atoms with Crippen molar-refractivity contribution in [3.8, 4) is 0 Å². The fourth-order valence-corrected chi connectivity index (χ4v) is 3.53. The molecule has 6 nitrogen and oxygen atoms in total. The third-order valence-corrected chi connectivity index (χ3v) is 5.08. The summed E-state index contributed by atoms with van der Waals surface area (Å²) in [6.07, 6.45) is 6.13. The highest BCUT2D eigenvalue weighted by Gasteiger charge is 2.20. The number of aromatic nitrogens is 2. The Hall–Kier alpha value is -2.34. The minimum Gasteiger partial charge on any atom is -0.356 e. The standard InChI is InChI=1S/C21H32N6/c1-18(16-27-12-6-11-24-27)15-23-21(22-2)25-20-9-13-26(14-10-20)17-19-7-4-3-5-8-19/h3-8,11-12,18,20H,9-10,13-17H2,1-2H3,(H2,22,23,25). The van der Waals surface area contributed by atoms with Crippen molar-refractivity contribution >= 4 is 5.96 Å². The van der Waals surface area contributed by atoms with Crippen LogP contribution in [0.15, 0.2) is 53.8 Å².